The molecule has 5 nitrogen and oxygen atoms in total. The topological polar surface area (TPSA) is 77.0 Å². The van der Waals surface area contributed by atoms with Crippen LogP contribution < -0.4 is 11.1 Å². The average molecular weight is 205 g/mol. The molecule has 0 aromatic carbocycles. The summed E-state index contributed by atoms with van der Waals surface area (Å²) in [6.07, 6.45) is 2.11. The van der Waals surface area contributed by atoms with E-state index in [0.29, 0.717) is 11.8 Å². The summed E-state index contributed by atoms with van der Waals surface area (Å²) in [6.45, 7) is 2.04. The third kappa shape index (κ3) is 2.32. The van der Waals surface area contributed by atoms with E-state index in [1.54, 1.807) is 0 Å². The fourth-order valence-electron chi connectivity index (χ4n) is 1.48. The smallest absolute Gasteiger partial charge is 0.312 e. The summed E-state index contributed by atoms with van der Waals surface area (Å²) < 4.78 is 5.15. The highest BCUT2D eigenvalue weighted by Crippen LogP contribution is 2.23. The van der Waals surface area contributed by atoms with Crippen molar-refractivity contribution in [2.24, 2.45) is 0 Å². The van der Waals surface area contributed by atoms with Gasteiger partial charge < -0.3 is 15.5 Å². The number of nitrogen functional groups attached to an aromatic ring is 1. The van der Waals surface area contributed by atoms with Gasteiger partial charge >= 0.3 is 6.01 Å². The molecule has 0 radical (unpaired) electrons. The normalized spacial score (nSPS) is 18.2. The van der Waals surface area contributed by atoms with Gasteiger partial charge in [0, 0.05) is 5.92 Å². The molecule has 0 atom stereocenters. The van der Waals surface area contributed by atoms with Crippen LogP contribution >= 0.6 is 12.4 Å². The summed E-state index contributed by atoms with van der Waals surface area (Å²) in [6, 6.07) is 0.170. The molecule has 0 amide bonds. The molecule has 1 fully saturated rings. The number of hydrogen-bond donors (Lipinski definition) is 2. The quantitative estimate of drug-likeness (QED) is 0.698. The Labute approximate surface area is 82.5 Å². The van der Waals surface area contributed by atoms with Gasteiger partial charge in [-0.15, -0.1) is 17.5 Å². The summed E-state index contributed by atoms with van der Waals surface area (Å²) in [7, 11) is 0. The third-order valence-electron chi connectivity index (χ3n) is 2.14. The number of rotatable bonds is 1. The number of piperidine rings is 1. The lowest BCUT2D eigenvalue weighted by molar-refractivity contribution is 0.379. The number of halogens is 1. The second-order valence-electron chi connectivity index (χ2n) is 3.00. The molecule has 1 aliphatic rings. The van der Waals surface area contributed by atoms with Crippen LogP contribution in [-0.2, 0) is 0 Å². The molecule has 0 saturated carbocycles. The molecule has 0 spiro atoms. The van der Waals surface area contributed by atoms with Crippen LogP contribution in [0.5, 0.6) is 0 Å². The highest BCUT2D eigenvalue weighted by molar-refractivity contribution is 5.85. The Morgan fingerprint density at radius 2 is 2.00 bits per heavy atom. The van der Waals surface area contributed by atoms with E-state index in [2.05, 4.69) is 15.5 Å². The summed E-state index contributed by atoms with van der Waals surface area (Å²) >= 11 is 0. The lowest BCUT2D eigenvalue weighted by Crippen LogP contribution is -2.26. The number of nitrogens with two attached hydrogens (primary N) is 1. The zero-order valence-electron chi connectivity index (χ0n) is 7.19. The fraction of sp³-hybridized carbons (Fsp3) is 0.714. The van der Waals surface area contributed by atoms with E-state index < -0.39 is 0 Å². The summed E-state index contributed by atoms with van der Waals surface area (Å²) in [5.41, 5.74) is 5.33. The maximum Gasteiger partial charge on any atom is 0.312 e. The van der Waals surface area contributed by atoms with Crippen LogP contribution in [0.4, 0.5) is 6.01 Å². The molecule has 13 heavy (non-hydrogen) atoms. The van der Waals surface area contributed by atoms with Gasteiger partial charge in [-0.05, 0) is 25.9 Å². The Hall–Kier alpha value is -0.810. The number of hydrogen-bond acceptors (Lipinski definition) is 5. The van der Waals surface area contributed by atoms with Crippen LogP contribution in [0.2, 0.25) is 0 Å². The van der Waals surface area contributed by atoms with Gasteiger partial charge in [-0.2, -0.15) is 0 Å². The van der Waals surface area contributed by atoms with Crippen LogP contribution in [0, 0.1) is 0 Å². The Morgan fingerprint density at radius 3 is 2.54 bits per heavy atom. The standard InChI is InChI=1S/C7H12N4O.ClH/c8-7-11-10-6(12-7)5-1-3-9-4-2-5;/h5,9H,1-4H2,(H2,8,11);1H. The first kappa shape index (κ1) is 10.3. The Kier molecular flexibility index (Phi) is 3.50. The van der Waals surface area contributed by atoms with Gasteiger partial charge in [0.2, 0.25) is 5.89 Å². The van der Waals surface area contributed by atoms with Crippen molar-refractivity contribution >= 4 is 18.4 Å². The van der Waals surface area contributed by atoms with Crippen LogP contribution in [0.15, 0.2) is 4.42 Å². The summed E-state index contributed by atoms with van der Waals surface area (Å²) in [5.74, 6) is 1.09. The van der Waals surface area contributed by atoms with Crippen molar-refractivity contribution in [3.05, 3.63) is 5.89 Å². The molecular weight excluding hydrogens is 192 g/mol. The molecule has 1 aromatic rings. The molecule has 6 heteroatoms. The fourth-order valence-corrected chi connectivity index (χ4v) is 1.48. The van der Waals surface area contributed by atoms with Gasteiger partial charge in [0.05, 0.1) is 0 Å². The molecule has 2 heterocycles. The van der Waals surface area contributed by atoms with Crippen molar-refractivity contribution in [3.63, 3.8) is 0 Å². The van der Waals surface area contributed by atoms with Crippen molar-refractivity contribution in [1.82, 2.24) is 15.5 Å². The first-order valence-corrected chi connectivity index (χ1v) is 4.16. The maximum atomic E-state index is 5.33. The van der Waals surface area contributed by atoms with Gasteiger partial charge in [-0.25, -0.2) is 0 Å². The largest absolute Gasteiger partial charge is 0.408 e. The van der Waals surface area contributed by atoms with E-state index in [1.807, 2.05) is 0 Å². The molecular formula is C7H13ClN4O. The minimum atomic E-state index is 0. The average Bonchev–Trinajstić information content (AvgIpc) is 2.54. The van der Waals surface area contributed by atoms with Crippen LogP contribution in [0.3, 0.4) is 0 Å². The van der Waals surface area contributed by atoms with Crippen LogP contribution in [-0.4, -0.2) is 23.3 Å². The maximum absolute atomic E-state index is 5.33. The Balaban J connectivity index is 0.000000845. The van der Waals surface area contributed by atoms with E-state index in [1.165, 1.54) is 0 Å². The SMILES string of the molecule is Cl.Nc1nnc(C2CCNCC2)o1. The van der Waals surface area contributed by atoms with Crippen molar-refractivity contribution in [2.45, 2.75) is 18.8 Å². The van der Waals surface area contributed by atoms with Gasteiger partial charge in [0.15, 0.2) is 0 Å². The van der Waals surface area contributed by atoms with Crippen molar-refractivity contribution in [2.75, 3.05) is 18.8 Å². The molecule has 0 aliphatic carbocycles. The van der Waals surface area contributed by atoms with Crippen molar-refractivity contribution in [3.8, 4) is 0 Å². The minimum absolute atomic E-state index is 0. The number of nitrogens with zero attached hydrogens (tertiary/aromatic N) is 2. The lowest BCUT2D eigenvalue weighted by atomic mass is 9.98. The third-order valence-corrected chi connectivity index (χ3v) is 2.14. The van der Waals surface area contributed by atoms with Gasteiger partial charge in [-0.1, -0.05) is 5.10 Å². The van der Waals surface area contributed by atoms with Crippen molar-refractivity contribution < 1.29 is 4.42 Å². The van der Waals surface area contributed by atoms with Crippen LogP contribution in [0.1, 0.15) is 24.7 Å². The van der Waals surface area contributed by atoms with Crippen LogP contribution in [0.25, 0.3) is 0 Å². The first-order chi connectivity index (χ1) is 5.86. The van der Waals surface area contributed by atoms with Crippen molar-refractivity contribution in [1.29, 1.82) is 0 Å². The summed E-state index contributed by atoms with van der Waals surface area (Å²) in [4.78, 5) is 0. The molecule has 1 aromatic heterocycles. The molecule has 3 N–H and O–H groups in total. The van der Waals surface area contributed by atoms with E-state index in [-0.39, 0.29) is 18.4 Å². The van der Waals surface area contributed by atoms with Gasteiger partial charge in [-0.3, -0.25) is 0 Å². The van der Waals surface area contributed by atoms with E-state index >= 15 is 0 Å². The van der Waals surface area contributed by atoms with E-state index in [9.17, 15) is 0 Å². The highest BCUT2D eigenvalue weighted by Gasteiger charge is 2.20. The molecule has 0 bridgehead atoms. The number of nitrogens with one attached hydrogen (secondary N) is 1. The van der Waals surface area contributed by atoms with Gasteiger partial charge in [0.1, 0.15) is 0 Å². The molecule has 1 aliphatic heterocycles. The Bertz CT molecular complexity index is 259. The molecule has 1 saturated heterocycles. The minimum Gasteiger partial charge on any atom is -0.408 e. The second kappa shape index (κ2) is 4.43. The predicted molar refractivity (Wildman–Crippen MR) is 50.8 cm³/mol. The Morgan fingerprint density at radius 1 is 1.31 bits per heavy atom. The zero-order chi connectivity index (χ0) is 8.39. The van der Waals surface area contributed by atoms with E-state index in [0.717, 1.165) is 25.9 Å². The predicted octanol–water partition coefficient (Wildman–Crippen LogP) is 0.541. The van der Waals surface area contributed by atoms with E-state index in [4.69, 9.17) is 10.2 Å². The molecule has 2 rings (SSSR count). The lowest BCUT2D eigenvalue weighted by Gasteiger charge is -2.18. The zero-order valence-corrected chi connectivity index (χ0v) is 8.01. The monoisotopic (exact) mass is 204 g/mol. The molecule has 74 valence electrons. The summed E-state index contributed by atoms with van der Waals surface area (Å²) in [5, 5.41) is 10.8. The second-order valence-corrected chi connectivity index (χ2v) is 3.00. The van der Waals surface area contributed by atoms with Gasteiger partial charge in [0.25, 0.3) is 0 Å². The first-order valence-electron chi connectivity index (χ1n) is 4.16. The highest BCUT2D eigenvalue weighted by atomic mass is 35.5. The number of aromatic nitrogens is 2. The molecule has 0 unspecified atom stereocenters. The number of anilines is 1.